The molecule has 0 N–H and O–H groups in total. The van der Waals surface area contributed by atoms with Crippen LogP contribution in [0.25, 0.3) is 66.4 Å². The molecule has 2 nitrogen and oxygen atoms in total. The molecule has 0 spiro atoms. The summed E-state index contributed by atoms with van der Waals surface area (Å²) in [6.07, 6.45) is 1.81. The third kappa shape index (κ3) is 2.47. The van der Waals surface area contributed by atoms with Gasteiger partial charge in [-0.2, -0.15) is 0 Å². The van der Waals surface area contributed by atoms with Crippen molar-refractivity contribution in [2.24, 2.45) is 0 Å². The summed E-state index contributed by atoms with van der Waals surface area (Å²) in [6, 6.07) is 36.5. The zero-order valence-corrected chi connectivity index (χ0v) is 17.3. The molecule has 32 heavy (non-hydrogen) atoms. The molecule has 0 radical (unpaired) electrons. The summed E-state index contributed by atoms with van der Waals surface area (Å²) in [4.78, 5) is 9.45. The minimum absolute atomic E-state index is 0.888. The zero-order chi connectivity index (χ0) is 21.1. The minimum Gasteiger partial charge on any atom is -0.255 e. The Hall–Kier alpha value is -4.30. The van der Waals surface area contributed by atoms with Crippen molar-refractivity contribution in [3.63, 3.8) is 0 Å². The lowest BCUT2D eigenvalue weighted by atomic mass is 9.96. The van der Waals surface area contributed by atoms with Gasteiger partial charge in [-0.05, 0) is 80.2 Å². The molecule has 6 aromatic rings. The molecule has 2 aromatic heterocycles. The van der Waals surface area contributed by atoms with Crippen LogP contribution in [0.2, 0.25) is 0 Å². The van der Waals surface area contributed by atoms with E-state index in [0.29, 0.717) is 0 Å². The fourth-order valence-electron chi connectivity index (χ4n) is 5.01. The fraction of sp³-hybridized carbons (Fsp3) is 0. The highest BCUT2D eigenvalue weighted by atomic mass is 14.8. The number of nitrogens with zero attached hydrogens (tertiary/aromatic N) is 2. The number of aromatic nitrogens is 2. The SMILES string of the molecule is c1ccc(-c2cccc(-c3ccc4c5c(cccc35)-c3cc5ccccc5cc3-4)n2)nc1. The predicted molar refractivity (Wildman–Crippen MR) is 132 cm³/mol. The highest BCUT2D eigenvalue weighted by Gasteiger charge is 2.23. The van der Waals surface area contributed by atoms with Gasteiger partial charge in [-0.1, -0.05) is 66.7 Å². The van der Waals surface area contributed by atoms with Crippen molar-refractivity contribution in [1.82, 2.24) is 9.97 Å². The van der Waals surface area contributed by atoms with Gasteiger partial charge >= 0.3 is 0 Å². The molecule has 0 atom stereocenters. The van der Waals surface area contributed by atoms with Crippen LogP contribution in [0.15, 0.2) is 109 Å². The van der Waals surface area contributed by atoms with E-state index in [-0.39, 0.29) is 0 Å². The molecule has 0 saturated carbocycles. The van der Waals surface area contributed by atoms with Gasteiger partial charge in [0.1, 0.15) is 0 Å². The third-order valence-electron chi connectivity index (χ3n) is 6.46. The summed E-state index contributed by atoms with van der Waals surface area (Å²) >= 11 is 0. The van der Waals surface area contributed by atoms with E-state index < -0.39 is 0 Å². The molecule has 0 amide bonds. The number of fused-ring (bicyclic) bond motifs is 4. The van der Waals surface area contributed by atoms with Crippen molar-refractivity contribution < 1.29 is 0 Å². The van der Waals surface area contributed by atoms with Crippen LogP contribution < -0.4 is 0 Å². The maximum atomic E-state index is 4.97. The lowest BCUT2D eigenvalue weighted by Crippen LogP contribution is -1.91. The molecule has 148 valence electrons. The first kappa shape index (κ1) is 17.4. The summed E-state index contributed by atoms with van der Waals surface area (Å²) in [5.41, 5.74) is 9.15. The second kappa shape index (κ2) is 6.60. The van der Waals surface area contributed by atoms with Crippen LogP contribution >= 0.6 is 0 Å². The van der Waals surface area contributed by atoms with Crippen molar-refractivity contribution in [2.75, 3.05) is 0 Å². The summed E-state index contributed by atoms with van der Waals surface area (Å²) < 4.78 is 0. The van der Waals surface area contributed by atoms with E-state index in [4.69, 9.17) is 4.98 Å². The Morgan fingerprint density at radius 2 is 1.09 bits per heavy atom. The molecule has 2 heterocycles. The van der Waals surface area contributed by atoms with Crippen molar-refractivity contribution in [3.8, 4) is 44.9 Å². The zero-order valence-electron chi connectivity index (χ0n) is 17.3. The normalized spacial score (nSPS) is 11.8. The smallest absolute Gasteiger partial charge is 0.0893 e. The first-order valence-electron chi connectivity index (χ1n) is 10.8. The highest BCUT2D eigenvalue weighted by Crippen LogP contribution is 2.50. The quantitative estimate of drug-likeness (QED) is 0.293. The van der Waals surface area contributed by atoms with Gasteiger partial charge in [-0.15, -0.1) is 0 Å². The third-order valence-corrected chi connectivity index (χ3v) is 6.46. The summed E-state index contributed by atoms with van der Waals surface area (Å²) in [5.74, 6) is 0. The summed E-state index contributed by atoms with van der Waals surface area (Å²) in [5, 5.41) is 5.12. The number of pyridine rings is 2. The Balaban J connectivity index is 1.47. The molecule has 1 aliphatic carbocycles. The largest absolute Gasteiger partial charge is 0.255 e. The average molecular weight is 406 g/mol. The van der Waals surface area contributed by atoms with Crippen LogP contribution in [0, 0.1) is 0 Å². The van der Waals surface area contributed by atoms with Crippen LogP contribution in [0.3, 0.4) is 0 Å². The standard InChI is InChI=1S/C30H18N2/c1-2-8-20-18-26-24-15-14-21(27-12-6-13-29(32-27)28-11-3-4-16-31-28)22-9-5-10-23(30(22)24)25(26)17-19(20)7-1/h1-18H. The van der Waals surface area contributed by atoms with E-state index >= 15 is 0 Å². The van der Waals surface area contributed by atoms with Gasteiger partial charge in [0.05, 0.1) is 17.1 Å². The van der Waals surface area contributed by atoms with E-state index in [0.717, 1.165) is 22.6 Å². The van der Waals surface area contributed by atoms with Crippen LogP contribution in [0.1, 0.15) is 0 Å². The lowest BCUT2D eigenvalue weighted by molar-refractivity contribution is 1.25. The van der Waals surface area contributed by atoms with E-state index in [1.807, 2.05) is 30.5 Å². The Morgan fingerprint density at radius 3 is 1.88 bits per heavy atom. The van der Waals surface area contributed by atoms with Crippen molar-refractivity contribution in [2.45, 2.75) is 0 Å². The molecular weight excluding hydrogens is 388 g/mol. The predicted octanol–water partition coefficient (Wildman–Crippen LogP) is 7.76. The fourth-order valence-corrected chi connectivity index (χ4v) is 5.01. The van der Waals surface area contributed by atoms with Gasteiger partial charge in [0.2, 0.25) is 0 Å². The number of hydrogen-bond donors (Lipinski definition) is 0. The number of rotatable bonds is 2. The molecule has 0 unspecified atom stereocenters. The van der Waals surface area contributed by atoms with Crippen LogP contribution in [-0.4, -0.2) is 9.97 Å². The maximum Gasteiger partial charge on any atom is 0.0893 e. The van der Waals surface area contributed by atoms with Gasteiger partial charge in [-0.25, -0.2) is 4.98 Å². The molecule has 4 aromatic carbocycles. The summed E-state index contributed by atoms with van der Waals surface area (Å²) in [7, 11) is 0. The second-order valence-electron chi connectivity index (χ2n) is 8.26. The van der Waals surface area contributed by atoms with Crippen LogP contribution in [0.5, 0.6) is 0 Å². The Labute approximate surface area is 185 Å². The van der Waals surface area contributed by atoms with E-state index in [9.17, 15) is 0 Å². The van der Waals surface area contributed by atoms with Gasteiger partial charge in [-0.3, -0.25) is 4.98 Å². The molecule has 0 aliphatic heterocycles. The Bertz CT molecular complexity index is 1620. The molecule has 2 heteroatoms. The van der Waals surface area contributed by atoms with Crippen molar-refractivity contribution >= 4 is 21.5 Å². The topological polar surface area (TPSA) is 25.8 Å². The van der Waals surface area contributed by atoms with Gasteiger partial charge in [0.15, 0.2) is 0 Å². The van der Waals surface area contributed by atoms with Gasteiger partial charge in [0.25, 0.3) is 0 Å². The monoisotopic (exact) mass is 406 g/mol. The highest BCUT2D eigenvalue weighted by molar-refractivity contribution is 6.20. The minimum atomic E-state index is 0.888. The maximum absolute atomic E-state index is 4.97. The van der Waals surface area contributed by atoms with E-state index in [1.165, 1.54) is 43.8 Å². The van der Waals surface area contributed by atoms with Crippen molar-refractivity contribution in [1.29, 1.82) is 0 Å². The molecule has 0 bridgehead atoms. The number of benzene rings is 4. The van der Waals surface area contributed by atoms with Crippen LogP contribution in [-0.2, 0) is 0 Å². The first-order valence-corrected chi connectivity index (χ1v) is 10.8. The number of hydrogen-bond acceptors (Lipinski definition) is 2. The Morgan fingerprint density at radius 1 is 0.438 bits per heavy atom. The first-order chi connectivity index (χ1) is 15.9. The molecule has 1 aliphatic rings. The molecule has 0 fully saturated rings. The van der Waals surface area contributed by atoms with Crippen LogP contribution in [0.4, 0.5) is 0 Å². The summed E-state index contributed by atoms with van der Waals surface area (Å²) in [6.45, 7) is 0. The average Bonchev–Trinajstić information content (AvgIpc) is 3.18. The molecular formula is C30H18N2. The Kier molecular flexibility index (Phi) is 3.58. The second-order valence-corrected chi connectivity index (χ2v) is 8.26. The van der Waals surface area contributed by atoms with E-state index in [1.54, 1.807) is 0 Å². The van der Waals surface area contributed by atoms with Crippen molar-refractivity contribution in [3.05, 3.63) is 109 Å². The molecule has 7 rings (SSSR count). The lowest BCUT2D eigenvalue weighted by Gasteiger charge is -2.10. The molecule has 0 saturated heterocycles. The van der Waals surface area contributed by atoms with Gasteiger partial charge < -0.3 is 0 Å². The van der Waals surface area contributed by atoms with Gasteiger partial charge in [0, 0.05) is 11.8 Å². The van der Waals surface area contributed by atoms with E-state index in [2.05, 4.69) is 83.8 Å².